The van der Waals surface area contributed by atoms with Crippen LogP contribution in [0.25, 0.3) is 0 Å². The quantitative estimate of drug-likeness (QED) is 0.470. The van der Waals surface area contributed by atoms with E-state index < -0.39 is 21.9 Å². The third-order valence-electron chi connectivity index (χ3n) is 5.03. The minimum absolute atomic E-state index is 0.0466. The van der Waals surface area contributed by atoms with Crippen LogP contribution in [0.5, 0.6) is 0 Å². The van der Waals surface area contributed by atoms with Gasteiger partial charge in [-0.05, 0) is 62.2 Å². The summed E-state index contributed by atoms with van der Waals surface area (Å²) in [5.41, 5.74) is 1.19. The number of nitrogens with zero attached hydrogens (tertiary/aromatic N) is 2. The number of sulfonamides is 1. The van der Waals surface area contributed by atoms with E-state index in [9.17, 15) is 22.4 Å². The molecule has 1 N–H and O–H groups in total. The molecule has 0 bridgehead atoms. The highest BCUT2D eigenvalue weighted by Gasteiger charge is 2.26. The Hall–Kier alpha value is -2.46. The summed E-state index contributed by atoms with van der Waals surface area (Å²) in [5, 5.41) is 2.74. The van der Waals surface area contributed by atoms with Gasteiger partial charge >= 0.3 is 0 Å². The van der Waals surface area contributed by atoms with Gasteiger partial charge in [0.2, 0.25) is 21.8 Å². The van der Waals surface area contributed by atoms with Crippen LogP contribution in [0.2, 0.25) is 0 Å². The summed E-state index contributed by atoms with van der Waals surface area (Å²) < 4.78 is 39.7. The summed E-state index contributed by atoms with van der Waals surface area (Å²) in [7, 11) is -3.62. The molecule has 0 spiro atoms. The van der Waals surface area contributed by atoms with Crippen LogP contribution in [0.1, 0.15) is 32.3 Å². The number of anilines is 1. The summed E-state index contributed by atoms with van der Waals surface area (Å²) in [4.78, 5) is 27.0. The zero-order chi connectivity index (χ0) is 24.6. The van der Waals surface area contributed by atoms with Crippen LogP contribution in [-0.4, -0.2) is 50.5 Å². The van der Waals surface area contributed by atoms with E-state index in [1.54, 1.807) is 13.8 Å². The van der Waals surface area contributed by atoms with Crippen LogP contribution in [0, 0.1) is 5.82 Å². The summed E-state index contributed by atoms with van der Waals surface area (Å²) >= 11 is 3.41. The van der Waals surface area contributed by atoms with Gasteiger partial charge < -0.3 is 10.2 Å². The van der Waals surface area contributed by atoms with E-state index in [1.165, 1.54) is 29.2 Å². The highest BCUT2D eigenvalue weighted by atomic mass is 79.9. The maximum absolute atomic E-state index is 13.2. The Morgan fingerprint density at radius 2 is 1.82 bits per heavy atom. The first-order valence-electron chi connectivity index (χ1n) is 10.6. The van der Waals surface area contributed by atoms with Gasteiger partial charge in [-0.3, -0.25) is 13.9 Å². The van der Waals surface area contributed by atoms with Crippen molar-refractivity contribution in [1.82, 2.24) is 10.2 Å². The number of amides is 2. The average Bonchev–Trinajstić information content (AvgIpc) is 2.74. The fourth-order valence-electron chi connectivity index (χ4n) is 3.35. The third kappa shape index (κ3) is 8.12. The third-order valence-corrected chi connectivity index (χ3v) is 6.71. The van der Waals surface area contributed by atoms with Crippen molar-refractivity contribution in [3.8, 4) is 0 Å². The van der Waals surface area contributed by atoms with Crippen LogP contribution in [0.3, 0.4) is 0 Å². The van der Waals surface area contributed by atoms with Crippen LogP contribution < -0.4 is 9.62 Å². The first kappa shape index (κ1) is 26.8. The van der Waals surface area contributed by atoms with Crippen LogP contribution in [0.15, 0.2) is 53.0 Å². The number of carbonyl (C=O) groups excluding carboxylic acids is 2. The molecule has 0 aliphatic carbocycles. The largest absolute Gasteiger partial charge is 0.355 e. The SMILES string of the molecule is CCNC(=O)C(C)N(Cc1cccc(Br)c1)C(=O)CCCN(c1ccc(F)cc1)S(C)(=O)=O. The molecule has 2 aromatic carbocycles. The van der Waals surface area contributed by atoms with E-state index in [1.807, 2.05) is 24.3 Å². The van der Waals surface area contributed by atoms with Crippen molar-refractivity contribution >= 4 is 43.5 Å². The fourth-order valence-corrected chi connectivity index (χ4v) is 4.76. The lowest BCUT2D eigenvalue weighted by atomic mass is 10.1. The Morgan fingerprint density at radius 1 is 1.15 bits per heavy atom. The van der Waals surface area contributed by atoms with Gasteiger partial charge in [0.15, 0.2) is 0 Å². The Morgan fingerprint density at radius 3 is 2.39 bits per heavy atom. The molecule has 1 unspecified atom stereocenters. The summed E-state index contributed by atoms with van der Waals surface area (Å²) in [6.07, 6.45) is 1.35. The van der Waals surface area contributed by atoms with Crippen molar-refractivity contribution in [3.63, 3.8) is 0 Å². The fraction of sp³-hybridized carbons (Fsp3) is 0.391. The standard InChI is InChI=1S/C23H29BrFN3O4S/c1-4-26-23(30)17(2)27(16-18-7-5-8-19(24)15-18)22(29)9-6-14-28(33(3,31)32)21-12-10-20(25)11-13-21/h5,7-8,10-13,15,17H,4,6,9,14,16H2,1-3H3,(H,26,30). The van der Waals surface area contributed by atoms with Crippen molar-refractivity contribution < 1.29 is 22.4 Å². The van der Waals surface area contributed by atoms with Crippen molar-refractivity contribution in [1.29, 1.82) is 0 Å². The number of hydrogen-bond donors (Lipinski definition) is 1. The van der Waals surface area contributed by atoms with E-state index >= 15 is 0 Å². The first-order chi connectivity index (χ1) is 15.5. The number of hydrogen-bond acceptors (Lipinski definition) is 4. The maximum atomic E-state index is 13.2. The molecule has 0 saturated heterocycles. The lowest BCUT2D eigenvalue weighted by Crippen LogP contribution is -2.47. The highest BCUT2D eigenvalue weighted by molar-refractivity contribution is 9.10. The smallest absolute Gasteiger partial charge is 0.242 e. The predicted octanol–water partition coefficient (Wildman–Crippen LogP) is 3.69. The van der Waals surface area contributed by atoms with E-state index in [2.05, 4.69) is 21.2 Å². The second-order valence-electron chi connectivity index (χ2n) is 7.64. The Labute approximate surface area is 203 Å². The van der Waals surface area contributed by atoms with E-state index in [0.29, 0.717) is 12.2 Å². The van der Waals surface area contributed by atoms with E-state index in [0.717, 1.165) is 20.6 Å². The lowest BCUT2D eigenvalue weighted by molar-refractivity contribution is -0.140. The minimum atomic E-state index is -3.62. The predicted molar refractivity (Wildman–Crippen MR) is 131 cm³/mol. The van der Waals surface area contributed by atoms with Gasteiger partial charge in [0.25, 0.3) is 0 Å². The van der Waals surface area contributed by atoms with Gasteiger partial charge in [-0.2, -0.15) is 0 Å². The Kier molecular flexibility index (Phi) is 9.85. The molecule has 0 radical (unpaired) electrons. The zero-order valence-electron chi connectivity index (χ0n) is 18.9. The van der Waals surface area contributed by atoms with E-state index in [4.69, 9.17) is 0 Å². The number of benzene rings is 2. The van der Waals surface area contributed by atoms with Gasteiger partial charge in [-0.15, -0.1) is 0 Å². The molecule has 0 aliphatic heterocycles. The monoisotopic (exact) mass is 541 g/mol. The van der Waals surface area contributed by atoms with Gasteiger partial charge in [0, 0.05) is 30.5 Å². The second-order valence-corrected chi connectivity index (χ2v) is 10.5. The van der Waals surface area contributed by atoms with Crippen LogP contribution in [-0.2, 0) is 26.2 Å². The second kappa shape index (κ2) is 12.1. The zero-order valence-corrected chi connectivity index (χ0v) is 21.3. The molecule has 180 valence electrons. The minimum Gasteiger partial charge on any atom is -0.355 e. The summed E-state index contributed by atoms with van der Waals surface area (Å²) in [6, 6.07) is 11.9. The number of carbonyl (C=O) groups is 2. The molecule has 0 saturated carbocycles. The number of nitrogens with one attached hydrogen (secondary N) is 1. The molecule has 2 amide bonds. The van der Waals surface area contributed by atoms with Crippen LogP contribution >= 0.6 is 15.9 Å². The first-order valence-corrected chi connectivity index (χ1v) is 13.2. The molecule has 1 atom stereocenters. The lowest BCUT2D eigenvalue weighted by Gasteiger charge is -2.29. The average molecular weight is 542 g/mol. The van der Waals surface area contributed by atoms with Gasteiger partial charge in [-0.1, -0.05) is 28.1 Å². The Bertz CT molecular complexity index is 1060. The van der Waals surface area contributed by atoms with Gasteiger partial charge in [-0.25, -0.2) is 12.8 Å². The van der Waals surface area contributed by atoms with Gasteiger partial charge in [0.1, 0.15) is 11.9 Å². The highest BCUT2D eigenvalue weighted by Crippen LogP contribution is 2.20. The molecular weight excluding hydrogens is 513 g/mol. The molecule has 0 aromatic heterocycles. The van der Waals surface area contributed by atoms with E-state index in [-0.39, 0.29) is 37.7 Å². The van der Waals surface area contributed by atoms with Crippen molar-refractivity contribution in [2.24, 2.45) is 0 Å². The topological polar surface area (TPSA) is 86.8 Å². The normalized spacial score (nSPS) is 12.2. The molecule has 2 aromatic rings. The van der Waals surface area contributed by atoms with Crippen molar-refractivity contribution in [3.05, 3.63) is 64.4 Å². The molecule has 0 aliphatic rings. The molecule has 0 heterocycles. The number of likely N-dealkylation sites (N-methyl/N-ethyl adjacent to an activating group) is 1. The molecule has 0 fully saturated rings. The maximum Gasteiger partial charge on any atom is 0.242 e. The summed E-state index contributed by atoms with van der Waals surface area (Å²) in [5.74, 6) is -0.990. The molecule has 10 heteroatoms. The molecule has 7 nitrogen and oxygen atoms in total. The van der Waals surface area contributed by atoms with Gasteiger partial charge in [0.05, 0.1) is 11.9 Å². The molecule has 33 heavy (non-hydrogen) atoms. The van der Waals surface area contributed by atoms with Crippen molar-refractivity contribution in [2.75, 3.05) is 23.7 Å². The Balaban J connectivity index is 2.14. The molecule has 2 rings (SSSR count). The van der Waals surface area contributed by atoms with Crippen LogP contribution in [0.4, 0.5) is 10.1 Å². The summed E-state index contributed by atoms with van der Waals surface area (Å²) in [6.45, 7) is 4.21. The number of halogens is 2. The number of rotatable bonds is 11. The molecular formula is C23H29BrFN3O4S. The van der Waals surface area contributed by atoms with Crippen molar-refractivity contribution in [2.45, 2.75) is 39.3 Å².